The summed E-state index contributed by atoms with van der Waals surface area (Å²) in [5, 5.41) is 2.97. The second-order valence-electron chi connectivity index (χ2n) is 5.34. The number of amides is 1. The topological polar surface area (TPSA) is 47.6 Å². The van der Waals surface area contributed by atoms with Gasteiger partial charge in [-0.25, -0.2) is 0 Å². The van der Waals surface area contributed by atoms with Crippen molar-refractivity contribution in [3.05, 3.63) is 46.3 Å². The molecular weight excluding hydrogens is 322 g/mol. The predicted molar refractivity (Wildman–Crippen MR) is 80.1 cm³/mol. The van der Waals surface area contributed by atoms with Gasteiger partial charge in [0, 0.05) is 10.0 Å². The molecular formula is C15H18BrNO3. The average molecular weight is 340 g/mol. The van der Waals surface area contributed by atoms with Crippen molar-refractivity contribution < 1.29 is 14.3 Å². The van der Waals surface area contributed by atoms with Gasteiger partial charge < -0.3 is 14.8 Å². The Morgan fingerprint density at radius 1 is 1.30 bits per heavy atom. The molecule has 5 heteroatoms. The van der Waals surface area contributed by atoms with E-state index in [9.17, 15) is 4.79 Å². The third-order valence-electron chi connectivity index (χ3n) is 2.88. The first-order chi connectivity index (χ1) is 9.46. The van der Waals surface area contributed by atoms with Gasteiger partial charge in [-0.3, -0.25) is 4.79 Å². The first-order valence-corrected chi connectivity index (χ1v) is 7.27. The van der Waals surface area contributed by atoms with E-state index in [4.69, 9.17) is 9.47 Å². The maximum atomic E-state index is 12.1. The van der Waals surface area contributed by atoms with E-state index in [1.165, 1.54) is 6.26 Å². The number of carbonyl (C=O) groups excluding carboxylic acids is 1. The highest BCUT2D eigenvalue weighted by Gasteiger charge is 2.24. The Morgan fingerprint density at radius 2 is 2.00 bits per heavy atom. The molecule has 0 bridgehead atoms. The highest BCUT2D eigenvalue weighted by Crippen LogP contribution is 2.17. The van der Waals surface area contributed by atoms with Gasteiger partial charge in [0.2, 0.25) is 5.76 Å². The molecule has 2 rings (SSSR count). The van der Waals surface area contributed by atoms with Crippen LogP contribution in [0.3, 0.4) is 0 Å². The van der Waals surface area contributed by atoms with Crippen LogP contribution in [0.1, 0.15) is 19.4 Å². The van der Waals surface area contributed by atoms with Crippen molar-refractivity contribution in [2.75, 3.05) is 13.2 Å². The summed E-state index contributed by atoms with van der Waals surface area (Å²) in [6.07, 6.45) is 2.11. The summed E-state index contributed by atoms with van der Waals surface area (Å²) < 4.78 is 11.4. The number of nitrogens with one attached hydrogen (secondary N) is 1. The summed E-state index contributed by atoms with van der Waals surface area (Å²) in [5.41, 5.74) is 0.792. The van der Waals surface area contributed by atoms with E-state index in [-0.39, 0.29) is 17.2 Å². The molecule has 0 saturated carbocycles. The number of hydrogen-bond donors (Lipinski definition) is 1. The van der Waals surface area contributed by atoms with Crippen LogP contribution in [-0.4, -0.2) is 24.7 Å². The first-order valence-electron chi connectivity index (χ1n) is 6.48. The molecule has 20 heavy (non-hydrogen) atoms. The lowest BCUT2D eigenvalue weighted by Crippen LogP contribution is -2.46. The third kappa shape index (κ3) is 4.27. The van der Waals surface area contributed by atoms with Crippen LogP contribution in [0.4, 0.5) is 0 Å². The van der Waals surface area contributed by atoms with Gasteiger partial charge in [-0.2, -0.15) is 0 Å². The molecule has 0 fully saturated rings. The Bertz CT molecular complexity index is 508. The standard InChI is InChI=1S/C15H18BrNO3/c1-15(2,9-11-3-5-12(16)6-4-11)17-14(18)13-10-19-7-8-20-13/h3-6,10H,7-9H2,1-2H3,(H,17,18). The largest absolute Gasteiger partial charge is 0.494 e. The lowest BCUT2D eigenvalue weighted by Gasteiger charge is -2.27. The van der Waals surface area contributed by atoms with Crippen molar-refractivity contribution in [3.63, 3.8) is 0 Å². The summed E-state index contributed by atoms with van der Waals surface area (Å²) in [5.74, 6) is -0.00746. The molecule has 1 heterocycles. The molecule has 0 aromatic heterocycles. The maximum absolute atomic E-state index is 12.1. The van der Waals surface area contributed by atoms with Crippen molar-refractivity contribution in [2.24, 2.45) is 0 Å². The molecule has 1 aromatic carbocycles. The normalized spacial score (nSPS) is 14.8. The number of hydrogen-bond acceptors (Lipinski definition) is 3. The summed E-state index contributed by atoms with van der Waals surface area (Å²) in [7, 11) is 0. The van der Waals surface area contributed by atoms with Gasteiger partial charge in [0.25, 0.3) is 5.91 Å². The molecule has 1 aliphatic heterocycles. The van der Waals surface area contributed by atoms with Gasteiger partial charge in [-0.1, -0.05) is 28.1 Å². The molecule has 1 aromatic rings. The molecule has 0 unspecified atom stereocenters. The van der Waals surface area contributed by atoms with Crippen molar-refractivity contribution >= 4 is 21.8 Å². The van der Waals surface area contributed by atoms with Crippen LogP contribution in [0.15, 0.2) is 40.8 Å². The number of rotatable bonds is 4. The van der Waals surface area contributed by atoms with Crippen molar-refractivity contribution in [2.45, 2.75) is 25.8 Å². The van der Waals surface area contributed by atoms with Gasteiger partial charge in [-0.15, -0.1) is 0 Å². The SMILES string of the molecule is CC(C)(Cc1ccc(Br)cc1)NC(=O)C1=COCCO1. The fraction of sp³-hybridized carbons (Fsp3) is 0.400. The van der Waals surface area contributed by atoms with Crippen molar-refractivity contribution in [3.8, 4) is 0 Å². The van der Waals surface area contributed by atoms with E-state index in [1.54, 1.807) is 0 Å². The monoisotopic (exact) mass is 339 g/mol. The molecule has 0 atom stereocenters. The highest BCUT2D eigenvalue weighted by atomic mass is 79.9. The lowest BCUT2D eigenvalue weighted by molar-refractivity contribution is -0.123. The number of ether oxygens (including phenoxy) is 2. The molecule has 0 radical (unpaired) electrons. The minimum Gasteiger partial charge on any atom is -0.494 e. The molecule has 1 aliphatic rings. The quantitative estimate of drug-likeness (QED) is 0.917. The molecule has 108 valence electrons. The minimum atomic E-state index is -0.368. The van der Waals surface area contributed by atoms with Crippen LogP contribution in [0.2, 0.25) is 0 Å². The van der Waals surface area contributed by atoms with Crippen LogP contribution in [-0.2, 0) is 20.7 Å². The summed E-state index contributed by atoms with van der Waals surface area (Å²) in [6, 6.07) is 8.07. The van der Waals surface area contributed by atoms with E-state index < -0.39 is 0 Å². The minimum absolute atomic E-state index is 0.236. The Hall–Kier alpha value is -1.49. The van der Waals surface area contributed by atoms with Crippen molar-refractivity contribution in [1.29, 1.82) is 0 Å². The van der Waals surface area contributed by atoms with E-state index in [2.05, 4.69) is 21.2 Å². The number of halogens is 1. The van der Waals surface area contributed by atoms with Crippen LogP contribution < -0.4 is 5.32 Å². The van der Waals surface area contributed by atoms with Gasteiger partial charge in [0.15, 0.2) is 0 Å². The van der Waals surface area contributed by atoms with E-state index in [0.717, 1.165) is 16.5 Å². The molecule has 1 N–H and O–H groups in total. The second-order valence-corrected chi connectivity index (χ2v) is 6.26. The number of benzene rings is 1. The Labute approximate surface area is 127 Å². The molecule has 1 amide bonds. The second kappa shape index (κ2) is 6.31. The van der Waals surface area contributed by atoms with Crippen LogP contribution >= 0.6 is 15.9 Å². The van der Waals surface area contributed by atoms with Gasteiger partial charge in [0.05, 0.1) is 0 Å². The average Bonchev–Trinajstić information content (AvgIpc) is 2.41. The summed E-state index contributed by atoms with van der Waals surface area (Å²) in [6.45, 7) is 4.86. The maximum Gasteiger partial charge on any atom is 0.290 e. The predicted octanol–water partition coefficient (Wildman–Crippen LogP) is 2.77. The number of carbonyl (C=O) groups is 1. The Kier molecular flexibility index (Phi) is 4.70. The zero-order valence-corrected chi connectivity index (χ0v) is 13.2. The van der Waals surface area contributed by atoms with E-state index >= 15 is 0 Å². The van der Waals surface area contributed by atoms with Gasteiger partial charge in [-0.05, 0) is 38.0 Å². The summed E-state index contributed by atoms with van der Waals surface area (Å²) >= 11 is 3.41. The zero-order valence-electron chi connectivity index (χ0n) is 11.6. The molecule has 4 nitrogen and oxygen atoms in total. The molecule has 0 spiro atoms. The fourth-order valence-corrected chi connectivity index (χ4v) is 2.28. The molecule has 0 saturated heterocycles. The lowest BCUT2D eigenvalue weighted by atomic mass is 9.95. The van der Waals surface area contributed by atoms with Gasteiger partial charge >= 0.3 is 0 Å². The highest BCUT2D eigenvalue weighted by molar-refractivity contribution is 9.10. The van der Waals surface area contributed by atoms with Crippen LogP contribution in [0, 0.1) is 0 Å². The van der Waals surface area contributed by atoms with E-state index in [0.29, 0.717) is 13.2 Å². The van der Waals surface area contributed by atoms with Crippen LogP contribution in [0.5, 0.6) is 0 Å². The van der Waals surface area contributed by atoms with E-state index in [1.807, 2.05) is 38.1 Å². The molecule has 0 aliphatic carbocycles. The van der Waals surface area contributed by atoms with Crippen LogP contribution in [0.25, 0.3) is 0 Å². The first kappa shape index (κ1) is 14.9. The fourth-order valence-electron chi connectivity index (χ4n) is 2.01. The third-order valence-corrected chi connectivity index (χ3v) is 3.41. The Morgan fingerprint density at radius 3 is 2.60 bits per heavy atom. The smallest absolute Gasteiger partial charge is 0.290 e. The summed E-state index contributed by atoms with van der Waals surface area (Å²) in [4.78, 5) is 12.1. The Balaban J connectivity index is 1.97. The van der Waals surface area contributed by atoms with Crippen molar-refractivity contribution in [1.82, 2.24) is 5.32 Å². The van der Waals surface area contributed by atoms with Gasteiger partial charge in [0.1, 0.15) is 19.5 Å². The zero-order chi connectivity index (χ0) is 14.6.